The number of hydrogen-bond acceptors (Lipinski definition) is 5. The van der Waals surface area contributed by atoms with Gasteiger partial charge >= 0.3 is 12.1 Å². The molecule has 7 heteroatoms. The molecular formula is C26H30N2O5. The number of carbonyl (C=O) groups excluding carboxylic acids is 2. The number of allylic oxidation sites excluding steroid dienone is 1. The molecule has 3 heterocycles. The smallest absolute Gasteiger partial charge is 0.407 e. The van der Waals surface area contributed by atoms with Gasteiger partial charge in [0.15, 0.2) is 0 Å². The van der Waals surface area contributed by atoms with Crippen LogP contribution >= 0.6 is 0 Å². The topological polar surface area (TPSA) is 82.1 Å². The van der Waals surface area contributed by atoms with Crippen molar-refractivity contribution in [1.82, 2.24) is 9.88 Å². The van der Waals surface area contributed by atoms with Gasteiger partial charge in [0.1, 0.15) is 18.8 Å². The summed E-state index contributed by atoms with van der Waals surface area (Å²) in [6.07, 6.45) is 6.50. The van der Waals surface area contributed by atoms with Gasteiger partial charge in [-0.2, -0.15) is 0 Å². The number of hydrogen-bond donors (Lipinski definition) is 1. The van der Waals surface area contributed by atoms with E-state index in [2.05, 4.69) is 41.6 Å². The molecule has 7 nitrogen and oxygen atoms in total. The maximum Gasteiger partial charge on any atom is 0.407 e. The van der Waals surface area contributed by atoms with Gasteiger partial charge in [-0.3, -0.25) is 0 Å². The van der Waals surface area contributed by atoms with E-state index >= 15 is 0 Å². The number of epoxide rings is 1. The molecule has 1 aromatic carbocycles. The normalized spacial score (nSPS) is 30.6. The van der Waals surface area contributed by atoms with Gasteiger partial charge in [0.25, 0.3) is 0 Å². The van der Waals surface area contributed by atoms with Crippen LogP contribution in [0.1, 0.15) is 38.2 Å². The lowest BCUT2D eigenvalue weighted by Gasteiger charge is -2.20. The molecule has 3 aliphatic rings. The van der Waals surface area contributed by atoms with Gasteiger partial charge in [0.05, 0.1) is 5.60 Å². The van der Waals surface area contributed by atoms with Crippen LogP contribution < -0.4 is 5.32 Å². The standard InChI is InChI=1S/C26H30N2O5/c1-16-19-11-10-17(7-6-12-26(2)23(33-26)22(19)32-24(16)29)15-31-25(30)27-13-18-14-28(3)21-9-5-4-8-20(18)21/h4-5,7-9,14,19,22-23H,1,6,10-13,15H2,2-3H3,(H,27,30)/b17-7+/t19-,22-,23-,26+/m0/s1. The maximum atomic E-state index is 12.4. The van der Waals surface area contributed by atoms with E-state index < -0.39 is 6.09 Å². The van der Waals surface area contributed by atoms with Crippen molar-refractivity contribution in [2.24, 2.45) is 13.0 Å². The Kier molecular flexibility index (Phi) is 5.52. The van der Waals surface area contributed by atoms with Crippen molar-refractivity contribution in [2.75, 3.05) is 6.61 Å². The molecule has 2 saturated heterocycles. The molecule has 33 heavy (non-hydrogen) atoms. The fraction of sp³-hybridized carbons (Fsp3) is 0.462. The number of fused-ring (bicyclic) bond motifs is 4. The molecule has 4 atom stereocenters. The minimum absolute atomic E-state index is 0.0586. The summed E-state index contributed by atoms with van der Waals surface area (Å²) in [4.78, 5) is 24.5. The van der Waals surface area contributed by atoms with Crippen LogP contribution in [0.15, 0.2) is 54.3 Å². The third-order valence-electron chi connectivity index (χ3n) is 7.23. The van der Waals surface area contributed by atoms with Gasteiger partial charge < -0.3 is 24.1 Å². The van der Waals surface area contributed by atoms with E-state index in [1.54, 1.807) is 0 Å². The highest BCUT2D eigenvalue weighted by atomic mass is 16.6. The fourth-order valence-electron chi connectivity index (χ4n) is 5.19. The Labute approximate surface area is 193 Å². The van der Waals surface area contributed by atoms with Crippen molar-refractivity contribution in [3.8, 4) is 0 Å². The Balaban J connectivity index is 1.19. The first-order valence-electron chi connectivity index (χ1n) is 11.5. The number of nitrogens with one attached hydrogen (secondary N) is 1. The molecular weight excluding hydrogens is 420 g/mol. The minimum atomic E-state index is -0.444. The van der Waals surface area contributed by atoms with Crippen LogP contribution in [0.3, 0.4) is 0 Å². The van der Waals surface area contributed by atoms with E-state index in [-0.39, 0.29) is 36.3 Å². The first kappa shape index (κ1) is 21.8. The van der Waals surface area contributed by atoms with Gasteiger partial charge in [0, 0.05) is 42.2 Å². The van der Waals surface area contributed by atoms with Crippen LogP contribution in [0, 0.1) is 5.92 Å². The molecule has 0 unspecified atom stereocenters. The molecule has 174 valence electrons. The van der Waals surface area contributed by atoms with E-state index in [0.717, 1.165) is 47.7 Å². The number of aryl methyl sites for hydroxylation is 1. The number of carbonyl (C=O) groups is 2. The third kappa shape index (κ3) is 4.17. The highest BCUT2D eigenvalue weighted by molar-refractivity contribution is 5.91. The minimum Gasteiger partial charge on any atom is -0.455 e. The van der Waals surface area contributed by atoms with Crippen LogP contribution in [0.5, 0.6) is 0 Å². The number of amides is 1. The molecule has 5 rings (SSSR count). The van der Waals surface area contributed by atoms with Crippen molar-refractivity contribution in [3.63, 3.8) is 0 Å². The van der Waals surface area contributed by atoms with E-state index in [4.69, 9.17) is 14.2 Å². The second kappa shape index (κ2) is 8.37. The summed E-state index contributed by atoms with van der Waals surface area (Å²) in [7, 11) is 1.99. The first-order valence-corrected chi connectivity index (χ1v) is 11.5. The largest absolute Gasteiger partial charge is 0.455 e. The van der Waals surface area contributed by atoms with Crippen LogP contribution in [-0.2, 0) is 32.6 Å². The van der Waals surface area contributed by atoms with Crippen LogP contribution in [-0.4, -0.2) is 41.0 Å². The molecule has 0 saturated carbocycles. The summed E-state index contributed by atoms with van der Waals surface area (Å²) < 4.78 is 19.1. The number of alkyl carbamates (subject to hydrolysis) is 1. The predicted molar refractivity (Wildman–Crippen MR) is 123 cm³/mol. The lowest BCUT2D eigenvalue weighted by atomic mass is 9.84. The third-order valence-corrected chi connectivity index (χ3v) is 7.23. The lowest BCUT2D eigenvalue weighted by Crippen LogP contribution is -2.29. The zero-order valence-electron chi connectivity index (χ0n) is 19.1. The van der Waals surface area contributed by atoms with E-state index in [1.165, 1.54) is 0 Å². The molecule has 2 aromatic rings. The Bertz CT molecular complexity index is 1150. The fourth-order valence-corrected chi connectivity index (χ4v) is 5.19. The average molecular weight is 451 g/mol. The Hall–Kier alpha value is -3.06. The van der Waals surface area contributed by atoms with Crippen molar-refractivity contribution >= 4 is 23.0 Å². The van der Waals surface area contributed by atoms with Crippen LogP contribution in [0.25, 0.3) is 10.9 Å². The number of para-hydroxylation sites is 1. The zero-order valence-corrected chi connectivity index (χ0v) is 19.1. The molecule has 1 aliphatic carbocycles. The monoisotopic (exact) mass is 450 g/mol. The summed E-state index contributed by atoms with van der Waals surface area (Å²) in [6.45, 7) is 6.64. The number of esters is 1. The molecule has 0 radical (unpaired) electrons. The first-order chi connectivity index (χ1) is 15.9. The number of rotatable bonds is 4. The maximum absolute atomic E-state index is 12.4. The summed E-state index contributed by atoms with van der Waals surface area (Å²) in [5, 5.41) is 3.98. The quantitative estimate of drug-likeness (QED) is 0.327. The SMILES string of the molecule is C=C1C(=O)O[C@H]2[C@H]1CC/C(COC(=O)NCc1cn(C)c3ccccc13)=C\CC[C@@]1(C)O[C@@H]21. The predicted octanol–water partition coefficient (Wildman–Crippen LogP) is 4.16. The number of benzene rings is 1. The molecule has 0 spiro atoms. The van der Waals surface area contributed by atoms with Gasteiger partial charge in [-0.15, -0.1) is 0 Å². The second-order valence-corrected chi connectivity index (χ2v) is 9.50. The van der Waals surface area contributed by atoms with Gasteiger partial charge in [0.2, 0.25) is 0 Å². The van der Waals surface area contributed by atoms with Crippen LogP contribution in [0.4, 0.5) is 4.79 Å². The Morgan fingerprint density at radius 2 is 2.18 bits per heavy atom. The summed E-state index contributed by atoms with van der Waals surface area (Å²) >= 11 is 0. The van der Waals surface area contributed by atoms with E-state index in [1.807, 2.05) is 25.4 Å². The Morgan fingerprint density at radius 1 is 1.36 bits per heavy atom. The second-order valence-electron chi connectivity index (χ2n) is 9.50. The highest BCUT2D eigenvalue weighted by Gasteiger charge is 2.61. The lowest BCUT2D eigenvalue weighted by molar-refractivity contribution is -0.140. The van der Waals surface area contributed by atoms with Gasteiger partial charge in [-0.1, -0.05) is 30.9 Å². The Morgan fingerprint density at radius 3 is 3.03 bits per heavy atom. The number of ether oxygens (including phenoxy) is 3. The van der Waals surface area contributed by atoms with Gasteiger partial charge in [-0.05, 0) is 49.8 Å². The van der Waals surface area contributed by atoms with Crippen molar-refractivity contribution in [3.05, 3.63) is 59.8 Å². The molecule has 2 fully saturated rings. The van der Waals surface area contributed by atoms with Crippen molar-refractivity contribution < 1.29 is 23.8 Å². The average Bonchev–Trinajstić information content (AvgIpc) is 3.25. The summed E-state index contributed by atoms with van der Waals surface area (Å²) in [6, 6.07) is 8.10. The highest BCUT2D eigenvalue weighted by Crippen LogP contribution is 2.49. The molecule has 2 aliphatic heterocycles. The van der Waals surface area contributed by atoms with E-state index in [9.17, 15) is 9.59 Å². The molecule has 0 bridgehead atoms. The summed E-state index contributed by atoms with van der Waals surface area (Å²) in [5.74, 6) is -0.386. The number of nitrogens with zero attached hydrogens (tertiary/aromatic N) is 1. The zero-order chi connectivity index (χ0) is 23.2. The van der Waals surface area contributed by atoms with E-state index in [0.29, 0.717) is 12.1 Å². The van der Waals surface area contributed by atoms with Crippen LogP contribution in [0.2, 0.25) is 0 Å². The molecule has 1 aromatic heterocycles. The van der Waals surface area contributed by atoms with Crippen molar-refractivity contribution in [2.45, 2.75) is 57.0 Å². The number of aromatic nitrogens is 1. The molecule has 1 amide bonds. The van der Waals surface area contributed by atoms with Crippen molar-refractivity contribution in [1.29, 1.82) is 0 Å². The summed E-state index contributed by atoms with van der Waals surface area (Å²) in [5.41, 5.74) is 3.46. The van der Waals surface area contributed by atoms with Gasteiger partial charge in [-0.25, -0.2) is 9.59 Å². The molecule has 1 N–H and O–H groups in total.